The average Bonchev–Trinajstić information content (AvgIpc) is 3.19. The first kappa shape index (κ1) is 20.0. The summed E-state index contributed by atoms with van der Waals surface area (Å²) in [5, 5.41) is 7.86. The molecule has 1 aromatic carbocycles. The van der Waals surface area contributed by atoms with Gasteiger partial charge in [-0.25, -0.2) is 19.6 Å². The number of thioether (sulfide) groups is 1. The molecule has 3 aromatic rings. The van der Waals surface area contributed by atoms with E-state index in [1.54, 1.807) is 11.0 Å². The molecule has 0 saturated heterocycles. The molecule has 28 heavy (non-hydrogen) atoms. The molecule has 0 unspecified atom stereocenters. The van der Waals surface area contributed by atoms with Crippen LogP contribution in [0.4, 0.5) is 0 Å². The Bertz CT molecular complexity index is 901. The smallest absolute Gasteiger partial charge is 0.220 e. The molecule has 3 rings (SSSR count). The average molecular weight is 397 g/mol. The lowest BCUT2D eigenvalue weighted by Gasteiger charge is -2.10. The van der Waals surface area contributed by atoms with Gasteiger partial charge in [0.2, 0.25) is 5.91 Å². The number of aromatic nitrogens is 5. The molecule has 0 atom stereocenters. The van der Waals surface area contributed by atoms with Gasteiger partial charge in [0, 0.05) is 24.4 Å². The minimum atomic E-state index is 0.0273. The fourth-order valence-electron chi connectivity index (χ4n) is 2.95. The van der Waals surface area contributed by atoms with Gasteiger partial charge in [0.25, 0.3) is 0 Å². The quantitative estimate of drug-likeness (QED) is 0.465. The molecule has 0 radical (unpaired) electrons. The fourth-order valence-corrected chi connectivity index (χ4v) is 3.41. The van der Waals surface area contributed by atoms with Gasteiger partial charge < -0.3 is 5.32 Å². The van der Waals surface area contributed by atoms with Crippen molar-refractivity contribution < 1.29 is 4.79 Å². The predicted octanol–water partition coefficient (Wildman–Crippen LogP) is 2.70. The van der Waals surface area contributed by atoms with Crippen molar-refractivity contribution in [3.8, 4) is 0 Å². The second-order valence-electron chi connectivity index (χ2n) is 6.55. The number of hydrogen-bond donors (Lipinski definition) is 1. The standard InChI is InChI=1S/C20H24N6OS/c1-14-18(15(2)25-20(24-14)28-3)8-9-19(27)22-10-16-4-6-17(7-5-16)11-26-13-21-12-23-26/h4-7,12-13H,8-11H2,1-3H3,(H,22,27). The van der Waals surface area contributed by atoms with E-state index in [2.05, 4.69) is 25.4 Å². The zero-order chi connectivity index (χ0) is 19.9. The predicted molar refractivity (Wildman–Crippen MR) is 109 cm³/mol. The summed E-state index contributed by atoms with van der Waals surface area (Å²) in [5.41, 5.74) is 5.17. The molecule has 7 nitrogen and oxygen atoms in total. The third kappa shape index (κ3) is 5.39. The van der Waals surface area contributed by atoms with E-state index in [0.29, 0.717) is 25.9 Å². The summed E-state index contributed by atoms with van der Waals surface area (Å²) in [6, 6.07) is 8.13. The van der Waals surface area contributed by atoms with Crippen LogP contribution in [0.5, 0.6) is 0 Å². The van der Waals surface area contributed by atoms with Crippen LogP contribution < -0.4 is 5.32 Å². The summed E-state index contributed by atoms with van der Waals surface area (Å²) in [6.07, 6.45) is 6.25. The van der Waals surface area contributed by atoms with Gasteiger partial charge in [0.1, 0.15) is 12.7 Å². The highest BCUT2D eigenvalue weighted by atomic mass is 32.2. The van der Waals surface area contributed by atoms with E-state index in [1.165, 1.54) is 18.1 Å². The highest BCUT2D eigenvalue weighted by molar-refractivity contribution is 7.98. The Morgan fingerprint density at radius 2 is 1.79 bits per heavy atom. The number of carbonyl (C=O) groups excluding carboxylic acids is 1. The monoisotopic (exact) mass is 396 g/mol. The van der Waals surface area contributed by atoms with Gasteiger partial charge in [-0.1, -0.05) is 36.0 Å². The molecule has 1 N–H and O–H groups in total. The lowest BCUT2D eigenvalue weighted by molar-refractivity contribution is -0.121. The van der Waals surface area contributed by atoms with Crippen molar-refractivity contribution in [2.75, 3.05) is 6.26 Å². The van der Waals surface area contributed by atoms with Crippen LogP contribution in [0.15, 0.2) is 42.1 Å². The van der Waals surface area contributed by atoms with Crippen LogP contribution in [0.2, 0.25) is 0 Å². The number of benzene rings is 1. The fraction of sp³-hybridized carbons (Fsp3) is 0.350. The summed E-state index contributed by atoms with van der Waals surface area (Å²) in [7, 11) is 0. The highest BCUT2D eigenvalue weighted by Crippen LogP contribution is 2.17. The number of hydrogen-bond acceptors (Lipinski definition) is 6. The van der Waals surface area contributed by atoms with Crippen LogP contribution in [0.25, 0.3) is 0 Å². The first-order chi connectivity index (χ1) is 13.5. The SMILES string of the molecule is CSc1nc(C)c(CCC(=O)NCc2ccc(Cn3cncn3)cc2)c(C)n1. The Morgan fingerprint density at radius 1 is 1.11 bits per heavy atom. The Kier molecular flexibility index (Phi) is 6.76. The maximum Gasteiger partial charge on any atom is 0.220 e. The lowest BCUT2D eigenvalue weighted by atomic mass is 10.1. The molecule has 2 heterocycles. The van der Waals surface area contributed by atoms with Crippen molar-refractivity contribution in [3.63, 3.8) is 0 Å². The molecular weight excluding hydrogens is 372 g/mol. The molecular formula is C20H24N6OS. The van der Waals surface area contributed by atoms with E-state index in [9.17, 15) is 4.79 Å². The summed E-state index contributed by atoms with van der Waals surface area (Å²) in [5.74, 6) is 0.0273. The maximum atomic E-state index is 12.2. The molecule has 2 aromatic heterocycles. The van der Waals surface area contributed by atoms with E-state index in [0.717, 1.165) is 33.2 Å². The van der Waals surface area contributed by atoms with Crippen molar-refractivity contribution in [2.45, 2.75) is 44.9 Å². The second kappa shape index (κ2) is 9.45. The third-order valence-electron chi connectivity index (χ3n) is 4.51. The summed E-state index contributed by atoms with van der Waals surface area (Å²) < 4.78 is 1.77. The van der Waals surface area contributed by atoms with Crippen molar-refractivity contribution >= 4 is 17.7 Å². The van der Waals surface area contributed by atoms with Gasteiger partial charge >= 0.3 is 0 Å². The van der Waals surface area contributed by atoms with Gasteiger partial charge in [-0.05, 0) is 43.2 Å². The molecule has 0 aliphatic carbocycles. The van der Waals surface area contributed by atoms with Gasteiger partial charge in [-0.2, -0.15) is 5.10 Å². The first-order valence-corrected chi connectivity index (χ1v) is 10.3. The zero-order valence-electron chi connectivity index (χ0n) is 16.3. The minimum Gasteiger partial charge on any atom is -0.352 e. The minimum absolute atomic E-state index is 0.0273. The summed E-state index contributed by atoms with van der Waals surface area (Å²) >= 11 is 1.53. The summed E-state index contributed by atoms with van der Waals surface area (Å²) in [4.78, 5) is 25.1. The number of carbonyl (C=O) groups is 1. The second-order valence-corrected chi connectivity index (χ2v) is 7.32. The summed E-state index contributed by atoms with van der Waals surface area (Å²) in [6.45, 7) is 5.15. The molecule has 0 aliphatic rings. The topological polar surface area (TPSA) is 85.6 Å². The van der Waals surface area contributed by atoms with E-state index < -0.39 is 0 Å². The van der Waals surface area contributed by atoms with Crippen molar-refractivity contribution in [2.24, 2.45) is 0 Å². The Hall–Kier alpha value is -2.74. The molecule has 0 aliphatic heterocycles. The van der Waals surface area contributed by atoms with E-state index in [-0.39, 0.29) is 5.91 Å². The molecule has 0 bridgehead atoms. The van der Waals surface area contributed by atoms with Gasteiger partial charge in [0.05, 0.1) is 6.54 Å². The number of amides is 1. The van der Waals surface area contributed by atoms with Crippen molar-refractivity contribution in [1.29, 1.82) is 0 Å². The largest absolute Gasteiger partial charge is 0.352 e. The molecule has 0 fully saturated rings. The molecule has 1 amide bonds. The molecule has 8 heteroatoms. The van der Waals surface area contributed by atoms with E-state index >= 15 is 0 Å². The Labute approximate surface area is 169 Å². The van der Waals surface area contributed by atoms with Crippen molar-refractivity contribution in [3.05, 3.63) is 65.0 Å². The lowest BCUT2D eigenvalue weighted by Crippen LogP contribution is -2.23. The number of nitrogens with one attached hydrogen (secondary N) is 1. The third-order valence-corrected chi connectivity index (χ3v) is 5.06. The van der Waals surface area contributed by atoms with Crippen molar-refractivity contribution in [1.82, 2.24) is 30.0 Å². The number of aryl methyl sites for hydroxylation is 2. The van der Waals surface area contributed by atoms with Crippen LogP contribution in [0.1, 0.15) is 34.5 Å². The van der Waals surface area contributed by atoms with Crippen LogP contribution in [-0.2, 0) is 24.3 Å². The van der Waals surface area contributed by atoms with Crippen LogP contribution in [0.3, 0.4) is 0 Å². The molecule has 146 valence electrons. The van der Waals surface area contributed by atoms with Crippen LogP contribution >= 0.6 is 11.8 Å². The van der Waals surface area contributed by atoms with Gasteiger partial charge in [-0.15, -0.1) is 0 Å². The molecule has 0 spiro atoms. The molecule has 0 saturated carbocycles. The van der Waals surface area contributed by atoms with E-state index in [4.69, 9.17) is 0 Å². The van der Waals surface area contributed by atoms with Crippen LogP contribution in [0, 0.1) is 13.8 Å². The maximum absolute atomic E-state index is 12.2. The highest BCUT2D eigenvalue weighted by Gasteiger charge is 2.10. The number of nitrogens with zero attached hydrogens (tertiary/aromatic N) is 5. The van der Waals surface area contributed by atoms with Gasteiger partial charge in [-0.3, -0.25) is 4.79 Å². The van der Waals surface area contributed by atoms with E-state index in [1.807, 2.05) is 44.4 Å². The Balaban J connectivity index is 1.48. The Morgan fingerprint density at radius 3 is 2.39 bits per heavy atom. The normalized spacial score (nSPS) is 10.8. The number of rotatable bonds is 8. The zero-order valence-corrected chi connectivity index (χ0v) is 17.2. The van der Waals surface area contributed by atoms with Gasteiger partial charge in [0.15, 0.2) is 5.16 Å². The first-order valence-electron chi connectivity index (χ1n) is 9.10. The van der Waals surface area contributed by atoms with Crippen LogP contribution in [-0.4, -0.2) is 36.9 Å².